The molecule has 0 aliphatic carbocycles. The van der Waals surface area contributed by atoms with Crippen molar-refractivity contribution < 1.29 is 23.4 Å². The summed E-state index contributed by atoms with van der Waals surface area (Å²) in [5.41, 5.74) is -0.749. The van der Waals surface area contributed by atoms with Crippen molar-refractivity contribution in [2.24, 2.45) is 0 Å². The van der Waals surface area contributed by atoms with Gasteiger partial charge in [0.2, 0.25) is 5.82 Å². The van der Waals surface area contributed by atoms with E-state index in [0.29, 0.717) is 0 Å². The Morgan fingerprint density at radius 1 is 1.47 bits per heavy atom. The molecule has 0 unspecified atom stereocenters. The van der Waals surface area contributed by atoms with Crippen LogP contribution in [-0.4, -0.2) is 17.7 Å². The van der Waals surface area contributed by atoms with Crippen LogP contribution in [0.1, 0.15) is 10.4 Å². The maximum atomic E-state index is 13.1. The fourth-order valence-corrected chi connectivity index (χ4v) is 0.928. The largest absolute Gasteiger partial charge is 0.478 e. The molecule has 0 heterocycles. The number of rotatable bonds is 3. The van der Waals surface area contributed by atoms with E-state index in [1.807, 2.05) is 0 Å². The number of aromatic carboxylic acids is 1. The normalized spacial score (nSPS) is 9.40. The zero-order chi connectivity index (χ0) is 11.4. The number of hydrogen-bond donors (Lipinski definition) is 1. The molecule has 15 heavy (non-hydrogen) atoms. The molecule has 1 rings (SSSR count). The van der Waals surface area contributed by atoms with Gasteiger partial charge in [0.15, 0.2) is 11.6 Å². The van der Waals surface area contributed by atoms with Crippen molar-refractivity contribution in [2.45, 2.75) is 0 Å². The molecule has 0 bridgehead atoms. The Hall–Kier alpha value is -2.09. The molecule has 1 N–H and O–H groups in total. The molecule has 0 radical (unpaired) electrons. The van der Waals surface area contributed by atoms with Crippen LogP contribution < -0.4 is 4.74 Å². The Balaban J connectivity index is 3.11. The van der Waals surface area contributed by atoms with Crippen molar-refractivity contribution in [1.82, 2.24) is 0 Å². The van der Waals surface area contributed by atoms with Crippen LogP contribution in [0.4, 0.5) is 8.78 Å². The van der Waals surface area contributed by atoms with Crippen molar-refractivity contribution in [1.29, 1.82) is 0 Å². The van der Waals surface area contributed by atoms with Gasteiger partial charge in [-0.3, -0.25) is 0 Å². The summed E-state index contributed by atoms with van der Waals surface area (Å²) in [6.07, 6.45) is 4.86. The van der Waals surface area contributed by atoms with E-state index < -0.39 is 28.9 Å². The first-order valence-corrected chi connectivity index (χ1v) is 3.85. The number of benzene rings is 1. The Morgan fingerprint density at radius 3 is 2.67 bits per heavy atom. The summed E-state index contributed by atoms with van der Waals surface area (Å²) in [7, 11) is 0. The Labute approximate surface area is 84.3 Å². The molecule has 0 aromatic heterocycles. The second kappa shape index (κ2) is 4.42. The van der Waals surface area contributed by atoms with Crippen molar-refractivity contribution >= 4 is 5.97 Å². The highest BCUT2D eigenvalue weighted by Crippen LogP contribution is 2.22. The van der Waals surface area contributed by atoms with Gasteiger partial charge in [-0.1, -0.05) is 5.92 Å². The van der Waals surface area contributed by atoms with Crippen LogP contribution in [0.25, 0.3) is 0 Å². The van der Waals surface area contributed by atoms with Gasteiger partial charge in [-0.25, -0.2) is 9.18 Å². The number of carboxylic acid groups (broad SMARTS) is 1. The quantitative estimate of drug-likeness (QED) is 0.775. The predicted molar refractivity (Wildman–Crippen MR) is 47.6 cm³/mol. The lowest BCUT2D eigenvalue weighted by Gasteiger charge is -2.05. The summed E-state index contributed by atoms with van der Waals surface area (Å²) in [6, 6.07) is 1.92. The molecular weight excluding hydrogens is 206 g/mol. The van der Waals surface area contributed by atoms with Gasteiger partial charge in [-0.15, -0.1) is 6.42 Å². The van der Waals surface area contributed by atoms with Crippen LogP contribution in [0.3, 0.4) is 0 Å². The minimum Gasteiger partial charge on any atom is -0.478 e. The third-order valence-corrected chi connectivity index (χ3v) is 1.59. The smallest absolute Gasteiger partial charge is 0.338 e. The number of hydrogen-bond acceptors (Lipinski definition) is 2. The monoisotopic (exact) mass is 212 g/mol. The van der Waals surface area contributed by atoms with Gasteiger partial charge in [0.05, 0.1) is 5.56 Å². The summed E-state index contributed by atoms with van der Waals surface area (Å²) < 4.78 is 30.8. The van der Waals surface area contributed by atoms with E-state index in [4.69, 9.17) is 11.5 Å². The molecule has 0 amide bonds. The molecule has 0 saturated carbocycles. The van der Waals surface area contributed by atoms with E-state index in [2.05, 4.69) is 10.7 Å². The SMILES string of the molecule is C#CCOc1ccc(C(=O)O)c(F)c1F. The van der Waals surface area contributed by atoms with Gasteiger partial charge >= 0.3 is 5.97 Å². The average Bonchev–Trinajstić information content (AvgIpc) is 2.20. The molecule has 0 spiro atoms. The van der Waals surface area contributed by atoms with E-state index in [1.165, 1.54) is 0 Å². The van der Waals surface area contributed by atoms with E-state index in [0.717, 1.165) is 12.1 Å². The fraction of sp³-hybridized carbons (Fsp3) is 0.100. The fourth-order valence-electron chi connectivity index (χ4n) is 0.928. The number of terminal acetylenes is 1. The van der Waals surface area contributed by atoms with E-state index in [9.17, 15) is 13.6 Å². The van der Waals surface area contributed by atoms with Crippen LogP contribution in [-0.2, 0) is 0 Å². The van der Waals surface area contributed by atoms with Gasteiger partial charge in [0, 0.05) is 0 Å². The molecule has 0 atom stereocenters. The van der Waals surface area contributed by atoms with Gasteiger partial charge in [-0.2, -0.15) is 4.39 Å². The third-order valence-electron chi connectivity index (χ3n) is 1.59. The van der Waals surface area contributed by atoms with E-state index in [1.54, 1.807) is 0 Å². The summed E-state index contributed by atoms with van der Waals surface area (Å²) in [5, 5.41) is 8.48. The number of ether oxygens (including phenoxy) is 1. The molecule has 0 aliphatic heterocycles. The highest BCUT2D eigenvalue weighted by Gasteiger charge is 2.18. The van der Waals surface area contributed by atoms with Crippen LogP contribution in [0.15, 0.2) is 12.1 Å². The van der Waals surface area contributed by atoms with Gasteiger partial charge in [0.25, 0.3) is 0 Å². The molecule has 3 nitrogen and oxygen atoms in total. The Morgan fingerprint density at radius 2 is 2.13 bits per heavy atom. The minimum atomic E-state index is -1.55. The summed E-state index contributed by atoms with van der Waals surface area (Å²) in [5.74, 6) is -2.70. The molecule has 1 aromatic rings. The first-order valence-electron chi connectivity index (χ1n) is 3.85. The molecule has 0 saturated heterocycles. The number of halogens is 2. The number of carbonyl (C=O) groups is 1. The van der Waals surface area contributed by atoms with Crippen molar-refractivity contribution in [2.75, 3.05) is 6.61 Å². The second-order valence-corrected chi connectivity index (χ2v) is 2.54. The van der Waals surface area contributed by atoms with Crippen LogP contribution in [0.2, 0.25) is 0 Å². The molecule has 5 heteroatoms. The van der Waals surface area contributed by atoms with E-state index >= 15 is 0 Å². The first kappa shape index (κ1) is 11.0. The van der Waals surface area contributed by atoms with Crippen LogP contribution >= 0.6 is 0 Å². The topological polar surface area (TPSA) is 46.5 Å². The highest BCUT2D eigenvalue weighted by atomic mass is 19.2. The summed E-state index contributed by atoms with van der Waals surface area (Å²) in [6.45, 7) is -0.219. The molecule has 0 aliphatic rings. The minimum absolute atomic E-state index is 0.219. The lowest BCUT2D eigenvalue weighted by Crippen LogP contribution is -2.05. The zero-order valence-corrected chi connectivity index (χ0v) is 7.46. The molecule has 0 fully saturated rings. The van der Waals surface area contributed by atoms with Crippen molar-refractivity contribution in [3.05, 3.63) is 29.3 Å². The van der Waals surface area contributed by atoms with Crippen molar-refractivity contribution in [3.8, 4) is 18.1 Å². The maximum absolute atomic E-state index is 13.1. The number of carboxylic acids is 1. The van der Waals surface area contributed by atoms with Gasteiger partial charge < -0.3 is 9.84 Å². The van der Waals surface area contributed by atoms with Gasteiger partial charge in [0.1, 0.15) is 6.61 Å². The summed E-state index contributed by atoms with van der Waals surface area (Å²) >= 11 is 0. The molecule has 78 valence electrons. The lowest BCUT2D eigenvalue weighted by molar-refractivity contribution is 0.0690. The highest BCUT2D eigenvalue weighted by molar-refractivity contribution is 5.88. The van der Waals surface area contributed by atoms with E-state index in [-0.39, 0.29) is 6.61 Å². The predicted octanol–water partition coefficient (Wildman–Crippen LogP) is 1.68. The van der Waals surface area contributed by atoms with Crippen LogP contribution in [0.5, 0.6) is 5.75 Å². The van der Waals surface area contributed by atoms with Crippen molar-refractivity contribution in [3.63, 3.8) is 0 Å². The molecular formula is C10H6F2O3. The van der Waals surface area contributed by atoms with Crippen LogP contribution in [0, 0.1) is 24.0 Å². The zero-order valence-electron chi connectivity index (χ0n) is 7.46. The standard InChI is InChI=1S/C10H6F2O3/c1-2-5-15-7-4-3-6(10(13)14)8(11)9(7)12/h1,3-4H,5H2,(H,13,14). The van der Waals surface area contributed by atoms with Gasteiger partial charge in [-0.05, 0) is 12.1 Å². The summed E-state index contributed by atoms with van der Waals surface area (Å²) in [4.78, 5) is 10.4. The second-order valence-electron chi connectivity index (χ2n) is 2.54. The third kappa shape index (κ3) is 2.23. The molecule has 1 aromatic carbocycles. The Bertz CT molecular complexity index is 435. The lowest BCUT2D eigenvalue weighted by atomic mass is 10.2. The maximum Gasteiger partial charge on any atom is 0.338 e. The average molecular weight is 212 g/mol. The first-order chi connectivity index (χ1) is 7.07. The Kier molecular flexibility index (Phi) is 3.24.